The van der Waals surface area contributed by atoms with Crippen LogP contribution in [-0.2, 0) is 11.0 Å². The van der Waals surface area contributed by atoms with Gasteiger partial charge in [-0.25, -0.2) is 0 Å². The van der Waals surface area contributed by atoms with Crippen LogP contribution in [0.15, 0.2) is 24.3 Å². The molecule has 110 valence electrons. The molecule has 0 spiro atoms. The molecule has 1 aliphatic rings. The van der Waals surface area contributed by atoms with E-state index in [1.165, 1.54) is 12.1 Å². The van der Waals surface area contributed by atoms with Crippen LogP contribution in [0, 0.1) is 0 Å². The lowest BCUT2D eigenvalue weighted by Crippen LogP contribution is -2.41. The fourth-order valence-electron chi connectivity index (χ4n) is 2.27. The fourth-order valence-corrected chi connectivity index (χ4v) is 2.27. The predicted octanol–water partition coefficient (Wildman–Crippen LogP) is 2.63. The molecule has 0 unspecified atom stereocenters. The van der Waals surface area contributed by atoms with Gasteiger partial charge >= 0.3 is 6.18 Å². The van der Waals surface area contributed by atoms with Crippen LogP contribution in [0.2, 0.25) is 0 Å². The van der Waals surface area contributed by atoms with E-state index in [4.69, 9.17) is 0 Å². The van der Waals surface area contributed by atoms with Gasteiger partial charge in [0.15, 0.2) is 0 Å². The highest BCUT2D eigenvalue weighted by molar-refractivity contribution is 5.82. The quantitative estimate of drug-likeness (QED) is 0.897. The molecule has 1 aromatic carbocycles. The van der Waals surface area contributed by atoms with Crippen molar-refractivity contribution in [2.75, 3.05) is 6.54 Å². The molecule has 1 heterocycles. The summed E-state index contributed by atoms with van der Waals surface area (Å²) < 4.78 is 37.4. The number of hydrogen-bond acceptors (Lipinski definition) is 2. The molecule has 1 aromatic rings. The zero-order chi connectivity index (χ0) is 14.8. The Kier molecular flexibility index (Phi) is 4.32. The third-order valence-electron chi connectivity index (χ3n) is 3.47. The van der Waals surface area contributed by atoms with Crippen LogP contribution < -0.4 is 10.6 Å². The number of hydrogen-bond donors (Lipinski definition) is 2. The summed E-state index contributed by atoms with van der Waals surface area (Å²) in [6.07, 6.45) is -2.57. The first-order valence-electron chi connectivity index (χ1n) is 6.59. The molecule has 6 heteroatoms. The highest BCUT2D eigenvalue weighted by atomic mass is 19.4. The molecule has 3 nitrogen and oxygen atoms in total. The normalized spacial score (nSPS) is 20.7. The average molecular weight is 286 g/mol. The summed E-state index contributed by atoms with van der Waals surface area (Å²) in [5.74, 6) is -0.102. The lowest BCUT2D eigenvalue weighted by molar-refractivity contribution is -0.137. The summed E-state index contributed by atoms with van der Waals surface area (Å²) in [4.78, 5) is 11.9. The van der Waals surface area contributed by atoms with Gasteiger partial charge in [-0.15, -0.1) is 0 Å². The molecule has 0 aromatic heterocycles. The third kappa shape index (κ3) is 3.50. The van der Waals surface area contributed by atoms with Crippen LogP contribution in [0.5, 0.6) is 0 Å². The molecule has 1 saturated heterocycles. The van der Waals surface area contributed by atoms with E-state index < -0.39 is 11.7 Å². The minimum absolute atomic E-state index is 0.102. The molecule has 1 amide bonds. The molecule has 2 atom stereocenters. The Balaban J connectivity index is 1.98. The number of nitrogens with one attached hydrogen (secondary N) is 2. The summed E-state index contributed by atoms with van der Waals surface area (Å²) in [6, 6.07) is 4.36. The van der Waals surface area contributed by atoms with Gasteiger partial charge in [0.1, 0.15) is 0 Å². The molecule has 2 N–H and O–H groups in total. The molecule has 1 aliphatic heterocycles. The second-order valence-electron chi connectivity index (χ2n) is 5.00. The van der Waals surface area contributed by atoms with Crippen molar-refractivity contribution in [3.63, 3.8) is 0 Å². The second-order valence-corrected chi connectivity index (χ2v) is 5.00. The maximum absolute atomic E-state index is 12.5. The fraction of sp³-hybridized carbons (Fsp3) is 0.500. The first kappa shape index (κ1) is 14.8. The van der Waals surface area contributed by atoms with E-state index >= 15 is 0 Å². The van der Waals surface area contributed by atoms with E-state index in [2.05, 4.69) is 10.6 Å². The lowest BCUT2D eigenvalue weighted by atomic mass is 10.1. The Morgan fingerprint density at radius 2 is 2.00 bits per heavy atom. The SMILES string of the molecule is C[C@@H](NC(=O)[C@H]1CCCN1)c1ccc(C(F)(F)F)cc1. The molecule has 0 bridgehead atoms. The zero-order valence-electron chi connectivity index (χ0n) is 11.1. The van der Waals surface area contributed by atoms with Gasteiger partial charge in [0.2, 0.25) is 5.91 Å². The van der Waals surface area contributed by atoms with E-state index in [1.54, 1.807) is 6.92 Å². The van der Waals surface area contributed by atoms with Crippen molar-refractivity contribution in [3.05, 3.63) is 35.4 Å². The van der Waals surface area contributed by atoms with Crippen LogP contribution in [0.1, 0.15) is 36.9 Å². The van der Waals surface area contributed by atoms with Crippen molar-refractivity contribution in [1.82, 2.24) is 10.6 Å². The van der Waals surface area contributed by atoms with Gasteiger partial charge in [0, 0.05) is 0 Å². The second kappa shape index (κ2) is 5.83. The summed E-state index contributed by atoms with van der Waals surface area (Å²) in [7, 11) is 0. The van der Waals surface area contributed by atoms with Crippen molar-refractivity contribution in [2.45, 2.75) is 38.0 Å². The van der Waals surface area contributed by atoms with Crippen LogP contribution in [0.4, 0.5) is 13.2 Å². The largest absolute Gasteiger partial charge is 0.416 e. The van der Waals surface area contributed by atoms with Crippen LogP contribution in [0.3, 0.4) is 0 Å². The summed E-state index contributed by atoms with van der Waals surface area (Å²) in [5, 5.41) is 5.90. The van der Waals surface area contributed by atoms with Crippen molar-refractivity contribution in [3.8, 4) is 0 Å². The number of benzene rings is 1. The Morgan fingerprint density at radius 1 is 1.35 bits per heavy atom. The number of rotatable bonds is 3. The van der Waals surface area contributed by atoms with Crippen molar-refractivity contribution < 1.29 is 18.0 Å². The monoisotopic (exact) mass is 286 g/mol. The van der Waals surface area contributed by atoms with Crippen molar-refractivity contribution in [1.29, 1.82) is 0 Å². The summed E-state index contributed by atoms with van der Waals surface area (Å²) in [5.41, 5.74) is -0.0263. The third-order valence-corrected chi connectivity index (χ3v) is 3.47. The Morgan fingerprint density at radius 3 is 2.50 bits per heavy atom. The standard InChI is InChI=1S/C14H17F3N2O/c1-9(19-13(20)12-3-2-8-18-12)10-4-6-11(7-5-10)14(15,16)17/h4-7,9,12,18H,2-3,8H2,1H3,(H,19,20)/t9-,12-/m1/s1. The highest BCUT2D eigenvalue weighted by Gasteiger charge is 2.30. The molecular formula is C14H17F3N2O. The Hall–Kier alpha value is -1.56. The van der Waals surface area contributed by atoms with Crippen LogP contribution in [-0.4, -0.2) is 18.5 Å². The van der Waals surface area contributed by atoms with Gasteiger partial charge in [-0.3, -0.25) is 4.79 Å². The minimum Gasteiger partial charge on any atom is -0.348 e. The van der Waals surface area contributed by atoms with Gasteiger partial charge in [-0.05, 0) is 44.0 Å². The number of halogens is 3. The van der Waals surface area contributed by atoms with Crippen molar-refractivity contribution >= 4 is 5.91 Å². The van der Waals surface area contributed by atoms with E-state index in [9.17, 15) is 18.0 Å². The van der Waals surface area contributed by atoms with Crippen LogP contribution in [0.25, 0.3) is 0 Å². The highest BCUT2D eigenvalue weighted by Crippen LogP contribution is 2.29. The first-order valence-corrected chi connectivity index (χ1v) is 6.59. The summed E-state index contributed by atoms with van der Waals surface area (Å²) >= 11 is 0. The lowest BCUT2D eigenvalue weighted by Gasteiger charge is -2.18. The first-order chi connectivity index (χ1) is 9.38. The zero-order valence-corrected chi connectivity index (χ0v) is 11.1. The molecule has 20 heavy (non-hydrogen) atoms. The number of amides is 1. The molecule has 1 fully saturated rings. The number of carbonyl (C=O) groups excluding carboxylic acids is 1. The van der Waals surface area contributed by atoms with E-state index in [0.717, 1.165) is 31.5 Å². The molecule has 0 saturated carbocycles. The molecule has 2 rings (SSSR count). The topological polar surface area (TPSA) is 41.1 Å². The maximum Gasteiger partial charge on any atom is 0.416 e. The van der Waals surface area contributed by atoms with Crippen molar-refractivity contribution in [2.24, 2.45) is 0 Å². The Labute approximate surface area is 115 Å². The summed E-state index contributed by atoms with van der Waals surface area (Å²) in [6.45, 7) is 2.59. The smallest absolute Gasteiger partial charge is 0.348 e. The van der Waals surface area contributed by atoms with Gasteiger partial charge in [-0.1, -0.05) is 12.1 Å². The van der Waals surface area contributed by atoms with E-state index in [0.29, 0.717) is 5.56 Å². The van der Waals surface area contributed by atoms with Gasteiger partial charge in [0.05, 0.1) is 17.6 Å². The Bertz CT molecular complexity index is 464. The van der Waals surface area contributed by atoms with E-state index in [-0.39, 0.29) is 18.0 Å². The number of carbonyl (C=O) groups is 1. The molecular weight excluding hydrogens is 269 g/mol. The average Bonchev–Trinajstić information content (AvgIpc) is 2.91. The molecule has 0 radical (unpaired) electrons. The minimum atomic E-state index is -4.33. The molecule has 0 aliphatic carbocycles. The predicted molar refractivity (Wildman–Crippen MR) is 69.0 cm³/mol. The van der Waals surface area contributed by atoms with E-state index in [1.807, 2.05) is 0 Å². The van der Waals surface area contributed by atoms with Gasteiger partial charge in [-0.2, -0.15) is 13.2 Å². The van der Waals surface area contributed by atoms with Gasteiger partial charge in [0.25, 0.3) is 0 Å². The number of alkyl halides is 3. The van der Waals surface area contributed by atoms with Crippen LogP contribution >= 0.6 is 0 Å². The maximum atomic E-state index is 12.5. The van der Waals surface area contributed by atoms with Gasteiger partial charge < -0.3 is 10.6 Å².